The van der Waals surface area contributed by atoms with Gasteiger partial charge in [-0.1, -0.05) is 0 Å². The predicted octanol–water partition coefficient (Wildman–Crippen LogP) is -4.38. The van der Waals surface area contributed by atoms with Gasteiger partial charge in [-0.3, -0.25) is 0 Å². The molecule has 2 fully saturated rings. The monoisotopic (exact) mass is 309 g/mol. The van der Waals surface area contributed by atoms with Gasteiger partial charge in [0.1, 0.15) is 24.4 Å². The van der Waals surface area contributed by atoms with Crippen LogP contribution in [0, 0.1) is 0 Å². The molecule has 8 N–H and O–H groups in total. The van der Waals surface area contributed by atoms with E-state index in [2.05, 4.69) is 5.32 Å². The highest BCUT2D eigenvalue weighted by molar-refractivity contribution is 4.94. The van der Waals surface area contributed by atoms with E-state index in [1.165, 1.54) is 0 Å². The fraction of sp³-hybridized carbons (Fsp3) is 1.00. The molecule has 0 saturated carbocycles. The molecule has 0 aromatic heterocycles. The highest BCUT2D eigenvalue weighted by atomic mass is 16.6. The van der Waals surface area contributed by atoms with E-state index in [0.717, 1.165) is 0 Å². The summed E-state index contributed by atoms with van der Waals surface area (Å²) in [4.78, 5) is 0. The fourth-order valence-corrected chi connectivity index (χ4v) is 2.77. The molecule has 2 saturated heterocycles. The van der Waals surface area contributed by atoms with Gasteiger partial charge in [-0.25, -0.2) is 0 Å². The first-order valence-corrected chi connectivity index (χ1v) is 6.98. The number of nitrogens with one attached hydrogen (secondary N) is 1. The molecule has 0 aromatic rings. The summed E-state index contributed by atoms with van der Waals surface area (Å²) in [7, 11) is 0. The third-order valence-corrected chi connectivity index (χ3v) is 4.19. The summed E-state index contributed by atoms with van der Waals surface area (Å²) in [6.07, 6.45) is -9.97. The normalized spacial score (nSPS) is 51.9. The van der Waals surface area contributed by atoms with Gasteiger partial charge in [-0.05, 0) is 12.8 Å². The van der Waals surface area contributed by atoms with Gasteiger partial charge in [0.25, 0.3) is 0 Å². The first kappa shape index (κ1) is 17.0. The number of hydrogen-bond donors (Lipinski definition) is 8. The van der Waals surface area contributed by atoms with Crippen LogP contribution in [-0.2, 0) is 4.74 Å². The van der Waals surface area contributed by atoms with Crippen LogP contribution in [0.2, 0.25) is 0 Å². The van der Waals surface area contributed by atoms with Crippen LogP contribution in [0.1, 0.15) is 12.8 Å². The molecular weight excluding hydrogens is 286 g/mol. The second kappa shape index (κ2) is 6.82. The van der Waals surface area contributed by atoms with Crippen LogP contribution in [0.5, 0.6) is 0 Å². The van der Waals surface area contributed by atoms with Crippen molar-refractivity contribution in [1.82, 2.24) is 5.32 Å². The maximum Gasteiger partial charge on any atom is 0.183 e. The molecule has 0 aliphatic carbocycles. The van der Waals surface area contributed by atoms with Crippen LogP contribution in [-0.4, -0.2) is 97.4 Å². The lowest BCUT2D eigenvalue weighted by atomic mass is 9.89. The van der Waals surface area contributed by atoms with Crippen molar-refractivity contribution in [3.05, 3.63) is 0 Å². The van der Waals surface area contributed by atoms with E-state index in [-0.39, 0.29) is 19.4 Å². The Kier molecular flexibility index (Phi) is 5.52. The number of aliphatic hydroxyl groups excluding tert-OH is 7. The van der Waals surface area contributed by atoms with Gasteiger partial charge < -0.3 is 45.8 Å². The van der Waals surface area contributed by atoms with Crippen LogP contribution < -0.4 is 5.32 Å². The Labute approximate surface area is 121 Å². The van der Waals surface area contributed by atoms with E-state index in [0.29, 0.717) is 0 Å². The molecule has 9 heteroatoms. The molecular formula is C12H23NO8. The van der Waals surface area contributed by atoms with Crippen molar-refractivity contribution in [2.24, 2.45) is 0 Å². The lowest BCUT2D eigenvalue weighted by Crippen LogP contribution is -2.60. The molecule has 21 heavy (non-hydrogen) atoms. The van der Waals surface area contributed by atoms with Crippen molar-refractivity contribution < 1.29 is 40.5 Å². The quantitative estimate of drug-likeness (QED) is 0.257. The molecule has 2 aliphatic heterocycles. The molecule has 124 valence electrons. The summed E-state index contributed by atoms with van der Waals surface area (Å²) in [6, 6.07) is -0.514. The Balaban J connectivity index is 1.88. The van der Waals surface area contributed by atoms with Gasteiger partial charge in [0.15, 0.2) is 6.29 Å². The number of aliphatic hydroxyl groups is 7. The molecule has 0 unspecified atom stereocenters. The summed E-state index contributed by atoms with van der Waals surface area (Å²) in [5.41, 5.74) is 0. The van der Waals surface area contributed by atoms with Gasteiger partial charge in [-0.2, -0.15) is 0 Å². The lowest BCUT2D eigenvalue weighted by molar-refractivity contribution is -0.283. The minimum absolute atomic E-state index is 0.126. The number of rotatable bonds is 3. The molecule has 9 atom stereocenters. The first-order valence-electron chi connectivity index (χ1n) is 6.98. The van der Waals surface area contributed by atoms with E-state index < -0.39 is 55.1 Å². The van der Waals surface area contributed by atoms with Crippen LogP contribution in [0.15, 0.2) is 0 Å². The zero-order chi connectivity index (χ0) is 15.7. The summed E-state index contributed by atoms with van der Waals surface area (Å²) < 4.78 is 5.03. The fourth-order valence-electron chi connectivity index (χ4n) is 2.77. The lowest BCUT2D eigenvalue weighted by Gasteiger charge is -2.40. The van der Waals surface area contributed by atoms with Crippen LogP contribution >= 0.6 is 0 Å². The minimum atomic E-state index is -1.59. The Bertz CT molecular complexity index is 345. The third-order valence-electron chi connectivity index (χ3n) is 4.19. The zero-order valence-corrected chi connectivity index (χ0v) is 11.4. The zero-order valence-electron chi connectivity index (χ0n) is 11.4. The van der Waals surface area contributed by atoms with Crippen molar-refractivity contribution in [2.75, 3.05) is 6.54 Å². The Morgan fingerprint density at radius 2 is 1.43 bits per heavy atom. The first-order chi connectivity index (χ1) is 9.82. The molecule has 0 aromatic carbocycles. The van der Waals surface area contributed by atoms with Gasteiger partial charge >= 0.3 is 0 Å². The number of piperidine rings is 1. The van der Waals surface area contributed by atoms with Crippen LogP contribution in [0.4, 0.5) is 0 Å². The van der Waals surface area contributed by atoms with Crippen molar-refractivity contribution in [2.45, 2.75) is 67.9 Å². The highest BCUT2D eigenvalue weighted by Gasteiger charge is 2.43. The smallest absolute Gasteiger partial charge is 0.183 e. The number of hydrogen-bond acceptors (Lipinski definition) is 9. The average Bonchev–Trinajstić information content (AvgIpc) is 2.46. The number of ether oxygens (including phenoxy) is 1. The standard InChI is InChI=1S/C12H23NO8/c14-5-3-13-4(7(15)8(5)16)1-2-6-9(17)10(18)11(19)12(20)21-6/h4-20H,1-3H2/t4-,5-,6-,7-,8+,9-,10+,11+,12+/m1/s1. The van der Waals surface area contributed by atoms with Crippen LogP contribution in [0.3, 0.4) is 0 Å². The molecule has 0 radical (unpaired) electrons. The summed E-state index contributed by atoms with van der Waals surface area (Å²) in [5, 5.41) is 69.8. The van der Waals surface area contributed by atoms with Crippen LogP contribution in [0.25, 0.3) is 0 Å². The van der Waals surface area contributed by atoms with E-state index in [4.69, 9.17) is 4.74 Å². The van der Waals surface area contributed by atoms with Crippen molar-refractivity contribution in [3.63, 3.8) is 0 Å². The van der Waals surface area contributed by atoms with E-state index in [1.54, 1.807) is 0 Å². The largest absolute Gasteiger partial charge is 0.389 e. The predicted molar refractivity (Wildman–Crippen MR) is 67.9 cm³/mol. The second-order valence-electron chi connectivity index (χ2n) is 5.68. The van der Waals surface area contributed by atoms with Crippen molar-refractivity contribution in [3.8, 4) is 0 Å². The maximum absolute atomic E-state index is 9.83. The second-order valence-corrected chi connectivity index (χ2v) is 5.68. The third kappa shape index (κ3) is 3.52. The van der Waals surface area contributed by atoms with Crippen molar-refractivity contribution in [1.29, 1.82) is 0 Å². The topological polar surface area (TPSA) is 163 Å². The average molecular weight is 309 g/mol. The molecule has 2 aliphatic rings. The SMILES string of the molecule is O[C@@H]1[C@H](O)[C@@H](O)O[C@H](CC[C@H]2NC[C@@H](O)[C@H](O)[C@@H]2O)[C@H]1O. The summed E-state index contributed by atoms with van der Waals surface area (Å²) in [5.74, 6) is 0. The van der Waals surface area contributed by atoms with Gasteiger partial charge in [0.2, 0.25) is 0 Å². The van der Waals surface area contributed by atoms with E-state index in [9.17, 15) is 35.7 Å². The van der Waals surface area contributed by atoms with Gasteiger partial charge in [0, 0.05) is 12.6 Å². The highest BCUT2D eigenvalue weighted by Crippen LogP contribution is 2.24. The Hall–Kier alpha value is -0.360. The Morgan fingerprint density at radius 3 is 2.10 bits per heavy atom. The summed E-state index contributed by atoms with van der Waals surface area (Å²) in [6.45, 7) is 0.126. The number of β-amino-alcohol motifs (C(OH)–C–C–N with tert-alkyl or cyclic N) is 1. The molecule has 2 heterocycles. The van der Waals surface area contributed by atoms with Gasteiger partial charge in [-0.15, -0.1) is 0 Å². The van der Waals surface area contributed by atoms with E-state index in [1.807, 2.05) is 0 Å². The Morgan fingerprint density at radius 1 is 0.762 bits per heavy atom. The molecule has 2 rings (SSSR count). The molecule has 0 bridgehead atoms. The van der Waals surface area contributed by atoms with E-state index >= 15 is 0 Å². The van der Waals surface area contributed by atoms with Gasteiger partial charge in [0.05, 0.1) is 18.3 Å². The minimum Gasteiger partial charge on any atom is -0.389 e. The molecule has 0 amide bonds. The van der Waals surface area contributed by atoms with Crippen molar-refractivity contribution >= 4 is 0 Å². The molecule has 9 nitrogen and oxygen atoms in total. The molecule has 0 spiro atoms. The maximum atomic E-state index is 9.83. The summed E-state index contributed by atoms with van der Waals surface area (Å²) >= 11 is 0.